The topological polar surface area (TPSA) is 113 Å². The summed E-state index contributed by atoms with van der Waals surface area (Å²) < 4.78 is 7.13. The average molecular weight is 551 g/mol. The summed E-state index contributed by atoms with van der Waals surface area (Å²) >= 11 is 0. The van der Waals surface area contributed by atoms with E-state index < -0.39 is 0 Å². The number of benzene rings is 2. The number of nitrogens with one attached hydrogen (secondary N) is 3. The van der Waals surface area contributed by atoms with Gasteiger partial charge in [-0.25, -0.2) is 9.48 Å². The molecule has 3 N–H and O–H groups in total. The van der Waals surface area contributed by atoms with Crippen molar-refractivity contribution in [2.75, 3.05) is 36.9 Å². The number of morpholine rings is 1. The smallest absolute Gasteiger partial charge is 0.324 e. The SMILES string of the molecule is CC(C)(C)c1cc(NC(=O)Nc2ccc(-c3ccc(CN4CCOCC4)nc3)c3ccccc23)n(-c2cn[nH]c2)n1. The fourth-order valence-corrected chi connectivity index (χ4v) is 4.99. The van der Waals surface area contributed by atoms with Crippen molar-refractivity contribution >= 4 is 28.3 Å². The molecular weight excluding hydrogens is 516 g/mol. The summed E-state index contributed by atoms with van der Waals surface area (Å²) in [7, 11) is 0. The van der Waals surface area contributed by atoms with Crippen LogP contribution in [0.25, 0.3) is 27.6 Å². The van der Waals surface area contributed by atoms with Crippen molar-refractivity contribution in [2.24, 2.45) is 0 Å². The third kappa shape index (κ3) is 5.84. The van der Waals surface area contributed by atoms with Gasteiger partial charge in [0, 0.05) is 54.5 Å². The number of carbonyl (C=O) groups excluding carboxylic acids is 1. The molecule has 2 aromatic carbocycles. The molecule has 1 aliphatic rings. The first kappa shape index (κ1) is 26.7. The van der Waals surface area contributed by atoms with E-state index in [9.17, 15) is 4.79 Å². The van der Waals surface area contributed by atoms with Gasteiger partial charge in [-0.1, -0.05) is 57.2 Å². The summed E-state index contributed by atoms with van der Waals surface area (Å²) in [5, 5.41) is 19.5. The maximum Gasteiger partial charge on any atom is 0.324 e. The molecule has 0 spiro atoms. The normalized spacial score (nSPS) is 14.3. The van der Waals surface area contributed by atoms with Crippen LogP contribution in [0, 0.1) is 0 Å². The lowest BCUT2D eigenvalue weighted by Gasteiger charge is -2.26. The molecule has 10 nitrogen and oxygen atoms in total. The number of fused-ring (bicyclic) bond motifs is 1. The zero-order chi connectivity index (χ0) is 28.4. The van der Waals surface area contributed by atoms with Crippen molar-refractivity contribution in [3.63, 3.8) is 0 Å². The highest BCUT2D eigenvalue weighted by molar-refractivity contribution is 6.09. The summed E-state index contributed by atoms with van der Waals surface area (Å²) in [5.41, 5.74) is 5.24. The van der Waals surface area contributed by atoms with Crippen LogP contribution in [-0.2, 0) is 16.7 Å². The van der Waals surface area contributed by atoms with Crippen LogP contribution in [0.2, 0.25) is 0 Å². The molecule has 0 radical (unpaired) electrons. The molecule has 6 rings (SSSR count). The molecule has 1 saturated heterocycles. The first-order valence-corrected chi connectivity index (χ1v) is 13.8. The molecule has 0 aliphatic carbocycles. The molecule has 0 unspecified atom stereocenters. The quantitative estimate of drug-likeness (QED) is 0.254. The highest BCUT2D eigenvalue weighted by Gasteiger charge is 2.22. The molecule has 210 valence electrons. The Morgan fingerprint density at radius 3 is 2.51 bits per heavy atom. The second-order valence-electron chi connectivity index (χ2n) is 11.2. The molecule has 0 bridgehead atoms. The molecule has 4 heterocycles. The van der Waals surface area contributed by atoms with Crippen molar-refractivity contribution in [1.29, 1.82) is 0 Å². The van der Waals surface area contributed by atoms with E-state index in [2.05, 4.69) is 64.7 Å². The number of ether oxygens (including phenoxy) is 1. The Hall–Kier alpha value is -4.54. The Bertz CT molecular complexity index is 1650. The van der Waals surface area contributed by atoms with Crippen LogP contribution in [0.4, 0.5) is 16.3 Å². The van der Waals surface area contributed by atoms with Crippen molar-refractivity contribution in [3.05, 3.63) is 84.6 Å². The fraction of sp³-hybridized carbons (Fsp3) is 0.290. The minimum absolute atomic E-state index is 0.191. The lowest BCUT2D eigenvalue weighted by molar-refractivity contribution is 0.0336. The van der Waals surface area contributed by atoms with Gasteiger partial charge < -0.3 is 10.1 Å². The number of pyridine rings is 1. The second-order valence-corrected chi connectivity index (χ2v) is 11.2. The van der Waals surface area contributed by atoms with Crippen LogP contribution in [0.1, 0.15) is 32.2 Å². The number of anilines is 2. The van der Waals surface area contributed by atoms with Gasteiger partial charge in [-0.2, -0.15) is 10.2 Å². The van der Waals surface area contributed by atoms with E-state index in [-0.39, 0.29) is 11.4 Å². The fourth-order valence-electron chi connectivity index (χ4n) is 4.99. The van der Waals surface area contributed by atoms with E-state index >= 15 is 0 Å². The molecule has 1 fully saturated rings. The predicted molar refractivity (Wildman–Crippen MR) is 160 cm³/mol. The van der Waals surface area contributed by atoms with E-state index in [1.54, 1.807) is 17.1 Å². The number of hydrogen-bond acceptors (Lipinski definition) is 6. The second kappa shape index (κ2) is 11.1. The third-order valence-electron chi connectivity index (χ3n) is 7.25. The number of aromatic amines is 1. The Morgan fingerprint density at radius 2 is 1.80 bits per heavy atom. The molecular formula is C31H34N8O2. The van der Waals surface area contributed by atoms with Gasteiger partial charge in [-0.15, -0.1) is 0 Å². The average Bonchev–Trinajstić information content (AvgIpc) is 3.65. The van der Waals surface area contributed by atoms with Crippen LogP contribution in [-0.4, -0.2) is 62.2 Å². The number of urea groups is 1. The summed E-state index contributed by atoms with van der Waals surface area (Å²) in [4.78, 5) is 20.4. The molecule has 10 heteroatoms. The van der Waals surface area contributed by atoms with Gasteiger partial charge in [0.1, 0.15) is 11.5 Å². The summed E-state index contributed by atoms with van der Waals surface area (Å²) in [5.74, 6) is 0.554. The Balaban J connectivity index is 1.23. The van der Waals surface area contributed by atoms with Crippen molar-refractivity contribution < 1.29 is 9.53 Å². The number of H-pyrrole nitrogens is 1. The number of amides is 2. The minimum atomic E-state index is -0.359. The first-order valence-electron chi connectivity index (χ1n) is 13.8. The molecule has 1 aliphatic heterocycles. The predicted octanol–water partition coefficient (Wildman–Crippen LogP) is 5.58. The van der Waals surface area contributed by atoms with Gasteiger partial charge in [0.2, 0.25) is 0 Å². The first-order chi connectivity index (χ1) is 19.8. The van der Waals surface area contributed by atoms with Crippen molar-refractivity contribution in [1.82, 2.24) is 29.9 Å². The maximum atomic E-state index is 13.3. The van der Waals surface area contributed by atoms with Gasteiger partial charge in [0.05, 0.1) is 36.5 Å². The Morgan fingerprint density at radius 1 is 1.00 bits per heavy atom. The van der Waals surface area contributed by atoms with E-state index in [0.29, 0.717) is 11.5 Å². The van der Waals surface area contributed by atoms with Crippen LogP contribution >= 0.6 is 0 Å². The third-order valence-corrected chi connectivity index (χ3v) is 7.25. The molecule has 0 saturated carbocycles. The summed E-state index contributed by atoms with van der Waals surface area (Å²) in [6, 6.07) is 17.8. The number of carbonyl (C=O) groups is 1. The number of hydrogen-bond donors (Lipinski definition) is 3. The molecule has 0 atom stereocenters. The monoisotopic (exact) mass is 550 g/mol. The summed E-state index contributed by atoms with van der Waals surface area (Å²) in [6.45, 7) is 10.5. The van der Waals surface area contributed by atoms with Gasteiger partial charge in [-0.3, -0.25) is 20.3 Å². The minimum Gasteiger partial charge on any atom is -0.379 e. The van der Waals surface area contributed by atoms with E-state index in [4.69, 9.17) is 14.8 Å². The highest BCUT2D eigenvalue weighted by Crippen LogP contribution is 2.33. The molecule has 2 amide bonds. The standard InChI is InChI=1S/C31H34N8O2/c1-31(2,3)28-16-29(39(37-28)23-18-33-34-19-23)36-30(40)35-27-11-10-24(25-6-4-5-7-26(25)27)21-8-9-22(32-17-21)20-38-12-14-41-15-13-38/h4-11,16-19H,12-15,20H2,1-3H3,(H,33,34)(H2,35,36,40). The van der Waals surface area contributed by atoms with Crippen LogP contribution in [0.3, 0.4) is 0 Å². The van der Waals surface area contributed by atoms with Crippen LogP contribution in [0.5, 0.6) is 0 Å². The van der Waals surface area contributed by atoms with E-state index in [1.807, 2.05) is 42.6 Å². The summed E-state index contributed by atoms with van der Waals surface area (Å²) in [6.07, 6.45) is 5.33. The van der Waals surface area contributed by atoms with Gasteiger partial charge in [0.25, 0.3) is 0 Å². The molecule has 5 aromatic rings. The van der Waals surface area contributed by atoms with Crippen LogP contribution < -0.4 is 10.6 Å². The van der Waals surface area contributed by atoms with E-state index in [0.717, 1.165) is 71.8 Å². The highest BCUT2D eigenvalue weighted by atomic mass is 16.5. The van der Waals surface area contributed by atoms with Gasteiger partial charge >= 0.3 is 6.03 Å². The zero-order valence-electron chi connectivity index (χ0n) is 23.5. The van der Waals surface area contributed by atoms with Crippen molar-refractivity contribution in [2.45, 2.75) is 32.7 Å². The zero-order valence-corrected chi connectivity index (χ0v) is 23.5. The van der Waals surface area contributed by atoms with Crippen LogP contribution in [0.15, 0.2) is 73.2 Å². The van der Waals surface area contributed by atoms with E-state index in [1.165, 1.54) is 0 Å². The maximum absolute atomic E-state index is 13.3. The lowest BCUT2D eigenvalue weighted by atomic mass is 9.92. The Labute approximate surface area is 238 Å². The number of nitrogens with zero attached hydrogens (tertiary/aromatic N) is 5. The molecule has 41 heavy (non-hydrogen) atoms. The van der Waals surface area contributed by atoms with Gasteiger partial charge in [0.15, 0.2) is 0 Å². The lowest BCUT2D eigenvalue weighted by Crippen LogP contribution is -2.35. The number of rotatable bonds is 6. The number of aromatic nitrogens is 5. The largest absolute Gasteiger partial charge is 0.379 e. The van der Waals surface area contributed by atoms with Crippen molar-refractivity contribution in [3.8, 4) is 16.8 Å². The Kier molecular flexibility index (Phi) is 7.25. The van der Waals surface area contributed by atoms with Gasteiger partial charge in [-0.05, 0) is 23.1 Å². The molecule has 3 aromatic heterocycles.